The van der Waals surface area contributed by atoms with E-state index in [4.69, 9.17) is 14.2 Å². The smallest absolute Gasteiger partial charge is 0.229 e. The molecular weight excluding hydrogens is 501 g/mol. The quantitative estimate of drug-likeness (QED) is 0.369. The summed E-state index contributed by atoms with van der Waals surface area (Å²) in [5.41, 5.74) is 2.13. The molecule has 0 spiro atoms. The van der Waals surface area contributed by atoms with Gasteiger partial charge in [0.2, 0.25) is 12.2 Å². The minimum Gasteiger partial charge on any atom is -0.484 e. The third kappa shape index (κ3) is 6.76. The maximum atomic E-state index is 14.4. The third-order valence-electron chi connectivity index (χ3n) is 7.22. The summed E-state index contributed by atoms with van der Waals surface area (Å²) in [5.74, 6) is -0.283. The van der Waals surface area contributed by atoms with E-state index >= 15 is 0 Å². The molecule has 0 radical (unpaired) electrons. The van der Waals surface area contributed by atoms with Gasteiger partial charge in [0.05, 0.1) is 11.7 Å². The topological polar surface area (TPSA) is 97.3 Å². The molecule has 0 bridgehead atoms. The highest BCUT2D eigenvalue weighted by Crippen LogP contribution is 2.44. The van der Waals surface area contributed by atoms with Crippen LogP contribution in [0.2, 0.25) is 0 Å². The number of hydrogen-bond acceptors (Lipinski definition) is 6. The molecule has 1 fully saturated rings. The Morgan fingerprint density at radius 2 is 1.79 bits per heavy atom. The van der Waals surface area contributed by atoms with Gasteiger partial charge in [0.25, 0.3) is 0 Å². The summed E-state index contributed by atoms with van der Waals surface area (Å²) < 4.78 is 33.1. The number of carbonyl (C=O) groups is 1. The number of aliphatic hydroxyl groups excluding tert-OH is 2. The fraction of sp³-hybridized carbons (Fsp3) is 0.387. The molecule has 1 aliphatic rings. The summed E-state index contributed by atoms with van der Waals surface area (Å²) in [7, 11) is 0. The molecule has 1 aliphatic heterocycles. The van der Waals surface area contributed by atoms with Crippen LogP contribution in [0.1, 0.15) is 38.8 Å². The summed E-state index contributed by atoms with van der Waals surface area (Å²) in [6, 6.07) is 19.3. The Kier molecular flexibility index (Phi) is 8.90. The van der Waals surface area contributed by atoms with E-state index in [1.807, 2.05) is 57.2 Å². The van der Waals surface area contributed by atoms with Gasteiger partial charge in [0, 0.05) is 24.9 Å². The molecule has 39 heavy (non-hydrogen) atoms. The molecule has 0 aliphatic carbocycles. The maximum Gasteiger partial charge on any atom is 0.229 e. The van der Waals surface area contributed by atoms with Crippen molar-refractivity contribution in [1.82, 2.24) is 5.32 Å². The van der Waals surface area contributed by atoms with E-state index in [0.29, 0.717) is 29.8 Å². The Morgan fingerprint density at radius 3 is 2.49 bits per heavy atom. The van der Waals surface area contributed by atoms with Gasteiger partial charge in [-0.25, -0.2) is 4.39 Å². The molecule has 0 saturated carbocycles. The van der Waals surface area contributed by atoms with Crippen LogP contribution in [0.15, 0.2) is 66.7 Å². The lowest BCUT2D eigenvalue weighted by atomic mass is 9.82. The van der Waals surface area contributed by atoms with Crippen molar-refractivity contribution in [3.63, 3.8) is 0 Å². The normalized spacial score (nSPS) is 22.2. The average molecular weight is 538 g/mol. The molecule has 1 amide bonds. The highest BCUT2D eigenvalue weighted by atomic mass is 19.1. The molecular formula is C31H36FNO6. The molecule has 0 aromatic heterocycles. The van der Waals surface area contributed by atoms with E-state index in [1.54, 1.807) is 18.2 Å². The molecule has 7 nitrogen and oxygen atoms in total. The molecule has 1 saturated heterocycles. The molecule has 3 aromatic carbocycles. The summed E-state index contributed by atoms with van der Waals surface area (Å²) in [5, 5.41) is 24.3. The van der Waals surface area contributed by atoms with Gasteiger partial charge in [0.1, 0.15) is 18.5 Å². The van der Waals surface area contributed by atoms with E-state index in [1.165, 1.54) is 19.1 Å². The molecule has 3 N–H and O–H groups in total. The molecule has 3 aromatic rings. The van der Waals surface area contributed by atoms with Gasteiger partial charge in [-0.3, -0.25) is 4.79 Å². The standard InChI is InChI=1S/C31H36FNO6/c1-19-27(35)28(36)30(39-31(19,3)4)38-25-14-13-22(15-16-33-20(2)34)26(23-11-8-12-24(32)17-23)29(25)37-18-21-9-6-5-7-10-21/h5-14,17,19,27-28,30,35-36H,15-16,18H2,1-4H3,(H,33,34)/t19-,27-,28-,30-/m1/s1. The summed E-state index contributed by atoms with van der Waals surface area (Å²) in [6.07, 6.45) is -3.07. The van der Waals surface area contributed by atoms with Crippen molar-refractivity contribution in [1.29, 1.82) is 0 Å². The van der Waals surface area contributed by atoms with Crippen LogP contribution in [0.3, 0.4) is 0 Å². The van der Waals surface area contributed by atoms with Crippen LogP contribution in [0.4, 0.5) is 4.39 Å². The summed E-state index contributed by atoms with van der Waals surface area (Å²) in [6.45, 7) is 7.50. The van der Waals surface area contributed by atoms with E-state index < -0.39 is 29.9 Å². The number of benzene rings is 3. The Hall–Kier alpha value is -3.46. The molecule has 8 heteroatoms. The lowest BCUT2D eigenvalue weighted by molar-refractivity contribution is -0.285. The molecule has 4 atom stereocenters. The predicted octanol–water partition coefficient (Wildman–Crippen LogP) is 4.62. The first-order valence-electron chi connectivity index (χ1n) is 13.1. The Morgan fingerprint density at radius 1 is 1.05 bits per heavy atom. The van der Waals surface area contributed by atoms with E-state index in [0.717, 1.165) is 11.1 Å². The summed E-state index contributed by atoms with van der Waals surface area (Å²) in [4.78, 5) is 11.5. The number of ether oxygens (including phenoxy) is 3. The van der Waals surface area contributed by atoms with Gasteiger partial charge in [-0.2, -0.15) is 0 Å². The first-order chi connectivity index (χ1) is 18.6. The second-order valence-electron chi connectivity index (χ2n) is 10.4. The molecule has 4 rings (SSSR count). The van der Waals surface area contributed by atoms with E-state index in [-0.39, 0.29) is 24.2 Å². The van der Waals surface area contributed by atoms with Crippen LogP contribution in [-0.4, -0.2) is 46.8 Å². The fourth-order valence-corrected chi connectivity index (χ4v) is 4.68. The van der Waals surface area contributed by atoms with Gasteiger partial charge in [0.15, 0.2) is 11.5 Å². The van der Waals surface area contributed by atoms with Crippen molar-refractivity contribution < 1.29 is 33.6 Å². The molecule has 0 unspecified atom stereocenters. The minimum absolute atomic E-state index is 0.151. The average Bonchev–Trinajstić information content (AvgIpc) is 2.90. The van der Waals surface area contributed by atoms with E-state index in [2.05, 4.69) is 5.32 Å². The van der Waals surface area contributed by atoms with Crippen LogP contribution in [-0.2, 0) is 22.6 Å². The van der Waals surface area contributed by atoms with Gasteiger partial charge < -0.3 is 29.7 Å². The number of aliphatic hydroxyl groups is 2. The monoisotopic (exact) mass is 537 g/mol. The predicted molar refractivity (Wildman–Crippen MR) is 146 cm³/mol. The number of rotatable bonds is 9. The van der Waals surface area contributed by atoms with E-state index in [9.17, 15) is 19.4 Å². The SMILES string of the molecule is CC(=O)NCCc1ccc(O[C@@H]2OC(C)(C)[C@H](C)[C@@H](O)[C@H]2O)c(OCc2ccccc2)c1-c1cccc(F)c1. The first-order valence-corrected chi connectivity index (χ1v) is 13.1. The van der Waals surface area contributed by atoms with Crippen LogP contribution in [0.5, 0.6) is 11.5 Å². The minimum atomic E-state index is -1.30. The second-order valence-corrected chi connectivity index (χ2v) is 10.4. The van der Waals surface area contributed by atoms with Gasteiger partial charge in [-0.15, -0.1) is 0 Å². The van der Waals surface area contributed by atoms with Gasteiger partial charge in [-0.05, 0) is 55.2 Å². The Labute approximate surface area is 228 Å². The van der Waals surface area contributed by atoms with Gasteiger partial charge in [-0.1, -0.05) is 55.5 Å². The van der Waals surface area contributed by atoms with Crippen LogP contribution >= 0.6 is 0 Å². The van der Waals surface area contributed by atoms with Crippen molar-refractivity contribution >= 4 is 5.91 Å². The number of nitrogens with one attached hydrogen (secondary N) is 1. The highest BCUT2D eigenvalue weighted by Gasteiger charge is 2.48. The third-order valence-corrected chi connectivity index (χ3v) is 7.22. The van der Waals surface area contributed by atoms with Crippen molar-refractivity contribution in [3.8, 4) is 22.6 Å². The molecule has 1 heterocycles. The zero-order valence-electron chi connectivity index (χ0n) is 22.7. The van der Waals surface area contributed by atoms with Crippen LogP contribution in [0.25, 0.3) is 11.1 Å². The Balaban J connectivity index is 1.79. The first kappa shape index (κ1) is 28.5. The van der Waals surface area contributed by atoms with Gasteiger partial charge >= 0.3 is 0 Å². The molecule has 208 valence electrons. The van der Waals surface area contributed by atoms with Crippen molar-refractivity contribution in [2.24, 2.45) is 5.92 Å². The highest BCUT2D eigenvalue weighted by molar-refractivity contribution is 5.78. The largest absolute Gasteiger partial charge is 0.484 e. The number of halogens is 1. The van der Waals surface area contributed by atoms with Crippen LogP contribution < -0.4 is 14.8 Å². The second kappa shape index (κ2) is 12.2. The maximum absolute atomic E-state index is 14.4. The fourth-order valence-electron chi connectivity index (χ4n) is 4.68. The zero-order valence-corrected chi connectivity index (χ0v) is 22.7. The number of hydrogen-bond donors (Lipinski definition) is 3. The van der Waals surface area contributed by atoms with Crippen molar-refractivity contribution in [2.75, 3.05) is 6.54 Å². The zero-order chi connectivity index (χ0) is 28.2. The lowest BCUT2D eigenvalue weighted by Gasteiger charge is -2.46. The Bertz CT molecular complexity index is 1280. The van der Waals surface area contributed by atoms with Crippen LogP contribution in [0, 0.1) is 11.7 Å². The van der Waals surface area contributed by atoms with Crippen molar-refractivity contribution in [2.45, 2.75) is 64.8 Å². The number of carbonyl (C=O) groups excluding carboxylic acids is 1. The van der Waals surface area contributed by atoms with Crippen molar-refractivity contribution in [3.05, 3.63) is 83.7 Å². The lowest BCUT2D eigenvalue weighted by Crippen LogP contribution is -2.59. The number of amides is 1. The summed E-state index contributed by atoms with van der Waals surface area (Å²) >= 11 is 0.